The Balaban J connectivity index is 1.42. The van der Waals surface area contributed by atoms with Crippen molar-refractivity contribution in [1.29, 1.82) is 0 Å². The first kappa shape index (κ1) is 16.5. The van der Waals surface area contributed by atoms with Crippen molar-refractivity contribution >= 4 is 11.9 Å². The fourth-order valence-corrected chi connectivity index (χ4v) is 3.00. The van der Waals surface area contributed by atoms with Gasteiger partial charge in [0.2, 0.25) is 11.8 Å². The van der Waals surface area contributed by atoms with Crippen LogP contribution in [0.1, 0.15) is 34.9 Å². The second-order valence-corrected chi connectivity index (χ2v) is 6.46. The number of piperazine rings is 1. The molecule has 1 aliphatic heterocycles. The van der Waals surface area contributed by atoms with Crippen molar-refractivity contribution in [2.24, 2.45) is 0 Å². The average Bonchev–Trinajstić information content (AvgIpc) is 3.53. The number of aromatic nitrogens is 4. The molecular weight excluding hydrogens is 336 g/mol. The van der Waals surface area contributed by atoms with E-state index in [0.717, 1.165) is 12.8 Å². The predicted molar refractivity (Wildman–Crippen MR) is 93.5 cm³/mol. The number of H-pyrrole nitrogens is 1. The lowest BCUT2D eigenvalue weighted by molar-refractivity contribution is 0.0743. The first-order valence-electron chi connectivity index (χ1n) is 8.66. The van der Waals surface area contributed by atoms with Crippen molar-refractivity contribution in [1.82, 2.24) is 24.8 Å². The molecule has 4 rings (SSSR count). The summed E-state index contributed by atoms with van der Waals surface area (Å²) in [6.45, 7) is 2.15. The van der Waals surface area contributed by atoms with E-state index < -0.39 is 0 Å². The van der Waals surface area contributed by atoms with E-state index in [2.05, 4.69) is 19.9 Å². The topological polar surface area (TPSA) is 104 Å². The third-order valence-corrected chi connectivity index (χ3v) is 4.69. The highest BCUT2D eigenvalue weighted by atomic mass is 16.5. The van der Waals surface area contributed by atoms with Crippen LogP contribution in [0.15, 0.2) is 23.3 Å². The van der Waals surface area contributed by atoms with Gasteiger partial charge in [-0.05, 0) is 12.8 Å². The van der Waals surface area contributed by atoms with Gasteiger partial charge in [-0.2, -0.15) is 4.98 Å². The van der Waals surface area contributed by atoms with Crippen LogP contribution < -0.4 is 15.2 Å². The number of anilines is 1. The lowest BCUT2D eigenvalue weighted by atomic mass is 10.2. The third-order valence-electron chi connectivity index (χ3n) is 4.69. The molecule has 2 aromatic rings. The van der Waals surface area contributed by atoms with Crippen LogP contribution in [-0.2, 0) is 0 Å². The van der Waals surface area contributed by atoms with Crippen molar-refractivity contribution < 1.29 is 9.53 Å². The molecule has 2 aromatic heterocycles. The zero-order valence-electron chi connectivity index (χ0n) is 14.5. The first-order chi connectivity index (χ1) is 12.7. The van der Waals surface area contributed by atoms with Crippen LogP contribution in [0.3, 0.4) is 0 Å². The third kappa shape index (κ3) is 3.24. The first-order valence-corrected chi connectivity index (χ1v) is 8.66. The summed E-state index contributed by atoms with van der Waals surface area (Å²) in [5.41, 5.74) is -0.258. The van der Waals surface area contributed by atoms with Gasteiger partial charge in [0.15, 0.2) is 0 Å². The maximum atomic E-state index is 12.7. The van der Waals surface area contributed by atoms with E-state index >= 15 is 0 Å². The summed E-state index contributed by atoms with van der Waals surface area (Å²) in [4.78, 5) is 44.1. The number of hydrogen-bond donors (Lipinski definition) is 1. The van der Waals surface area contributed by atoms with E-state index in [1.807, 2.05) is 4.90 Å². The van der Waals surface area contributed by atoms with Crippen LogP contribution in [0.2, 0.25) is 0 Å². The van der Waals surface area contributed by atoms with Gasteiger partial charge in [0.05, 0.1) is 7.11 Å². The van der Waals surface area contributed by atoms with Crippen LogP contribution in [0, 0.1) is 0 Å². The molecule has 9 heteroatoms. The number of nitrogens with one attached hydrogen (secondary N) is 1. The number of carbonyl (C=O) groups excluding carboxylic acids is 1. The fourth-order valence-electron chi connectivity index (χ4n) is 3.00. The van der Waals surface area contributed by atoms with Crippen LogP contribution in [0.5, 0.6) is 5.88 Å². The van der Waals surface area contributed by atoms with E-state index in [1.54, 1.807) is 24.3 Å². The van der Waals surface area contributed by atoms with Crippen molar-refractivity contribution in [3.63, 3.8) is 0 Å². The number of carbonyl (C=O) groups is 1. The number of hydrogen-bond acceptors (Lipinski definition) is 7. The smallest absolute Gasteiger partial charge is 0.263 e. The van der Waals surface area contributed by atoms with E-state index in [0.29, 0.717) is 49.7 Å². The Labute approximate surface area is 150 Å². The summed E-state index contributed by atoms with van der Waals surface area (Å²) >= 11 is 0. The Morgan fingerprint density at radius 1 is 1.23 bits per heavy atom. The van der Waals surface area contributed by atoms with E-state index in [4.69, 9.17) is 4.74 Å². The molecule has 0 bridgehead atoms. The van der Waals surface area contributed by atoms with E-state index in [1.165, 1.54) is 6.20 Å². The maximum absolute atomic E-state index is 12.7. The molecule has 2 aliphatic rings. The fraction of sp³-hybridized carbons (Fsp3) is 0.471. The standard InChI is InChI=1S/C17H20N6O3/c1-26-13-4-5-18-17(20-13)23-8-6-22(7-9-23)16(25)12-10-19-14(11-2-3-11)21-15(12)24/h4-5,10-11H,2-3,6-9H2,1H3,(H,19,21,24). The normalized spacial score (nSPS) is 17.3. The summed E-state index contributed by atoms with van der Waals surface area (Å²) < 4.78 is 5.12. The lowest BCUT2D eigenvalue weighted by Crippen LogP contribution is -2.50. The number of amides is 1. The van der Waals surface area contributed by atoms with Gasteiger partial charge in [-0.3, -0.25) is 9.59 Å². The van der Waals surface area contributed by atoms with Crippen LogP contribution in [0.4, 0.5) is 5.95 Å². The summed E-state index contributed by atoms with van der Waals surface area (Å²) in [5.74, 6) is 1.82. The van der Waals surface area contributed by atoms with Gasteiger partial charge in [-0.1, -0.05) is 0 Å². The molecule has 26 heavy (non-hydrogen) atoms. The Bertz CT molecular complexity index is 871. The molecule has 1 amide bonds. The maximum Gasteiger partial charge on any atom is 0.263 e. The Hall–Kier alpha value is -2.97. The molecule has 0 unspecified atom stereocenters. The summed E-state index contributed by atoms with van der Waals surface area (Å²) in [6.07, 6.45) is 5.15. The molecule has 3 heterocycles. The van der Waals surface area contributed by atoms with Crippen molar-refractivity contribution in [2.45, 2.75) is 18.8 Å². The highest BCUT2D eigenvalue weighted by Gasteiger charge is 2.29. The molecule has 1 saturated carbocycles. The van der Waals surface area contributed by atoms with Gasteiger partial charge in [0.1, 0.15) is 11.4 Å². The van der Waals surface area contributed by atoms with Crippen LogP contribution in [-0.4, -0.2) is 64.0 Å². The number of nitrogens with zero attached hydrogens (tertiary/aromatic N) is 5. The molecule has 1 saturated heterocycles. The van der Waals surface area contributed by atoms with Gasteiger partial charge in [0, 0.05) is 50.6 Å². The van der Waals surface area contributed by atoms with Crippen molar-refractivity contribution in [3.05, 3.63) is 40.2 Å². The average molecular weight is 356 g/mol. The Morgan fingerprint density at radius 2 is 2.00 bits per heavy atom. The monoisotopic (exact) mass is 356 g/mol. The molecule has 9 nitrogen and oxygen atoms in total. The molecule has 1 aliphatic carbocycles. The zero-order valence-corrected chi connectivity index (χ0v) is 14.5. The molecule has 0 aromatic carbocycles. The quantitative estimate of drug-likeness (QED) is 0.846. The largest absolute Gasteiger partial charge is 0.481 e. The molecule has 136 valence electrons. The second kappa shape index (κ2) is 6.74. The predicted octanol–water partition coefficient (Wildman–Crippen LogP) is 0.408. The molecule has 0 atom stereocenters. The zero-order chi connectivity index (χ0) is 18.1. The van der Waals surface area contributed by atoms with Crippen molar-refractivity contribution in [2.75, 3.05) is 38.2 Å². The van der Waals surface area contributed by atoms with Gasteiger partial charge in [0.25, 0.3) is 11.5 Å². The highest BCUT2D eigenvalue weighted by molar-refractivity contribution is 5.93. The molecule has 1 N–H and O–H groups in total. The molecular formula is C17H20N6O3. The van der Waals surface area contributed by atoms with Crippen molar-refractivity contribution in [3.8, 4) is 5.88 Å². The minimum Gasteiger partial charge on any atom is -0.481 e. The van der Waals surface area contributed by atoms with Gasteiger partial charge in [-0.25, -0.2) is 9.97 Å². The van der Waals surface area contributed by atoms with Gasteiger partial charge in [-0.15, -0.1) is 0 Å². The number of ether oxygens (including phenoxy) is 1. The Kier molecular flexibility index (Phi) is 4.27. The molecule has 2 fully saturated rings. The second-order valence-electron chi connectivity index (χ2n) is 6.46. The van der Waals surface area contributed by atoms with E-state index in [-0.39, 0.29) is 17.0 Å². The minimum atomic E-state index is -0.356. The minimum absolute atomic E-state index is 0.0977. The number of rotatable bonds is 4. The van der Waals surface area contributed by atoms with Gasteiger partial charge < -0.3 is 19.5 Å². The molecule has 0 spiro atoms. The SMILES string of the molecule is COc1ccnc(N2CCN(C(=O)c3cnc(C4CC4)[nH]c3=O)CC2)n1. The Morgan fingerprint density at radius 3 is 2.65 bits per heavy atom. The van der Waals surface area contributed by atoms with E-state index in [9.17, 15) is 9.59 Å². The van der Waals surface area contributed by atoms with Crippen LogP contribution >= 0.6 is 0 Å². The van der Waals surface area contributed by atoms with Crippen LogP contribution in [0.25, 0.3) is 0 Å². The number of aromatic amines is 1. The molecule has 0 radical (unpaired) electrons. The van der Waals surface area contributed by atoms with Gasteiger partial charge >= 0.3 is 0 Å². The summed E-state index contributed by atoms with van der Waals surface area (Å²) in [6, 6.07) is 1.69. The summed E-state index contributed by atoms with van der Waals surface area (Å²) in [7, 11) is 1.56. The number of methoxy groups -OCH3 is 1. The summed E-state index contributed by atoms with van der Waals surface area (Å²) in [5, 5.41) is 0. The lowest BCUT2D eigenvalue weighted by Gasteiger charge is -2.34. The highest BCUT2D eigenvalue weighted by Crippen LogP contribution is 2.37.